The standard InChI is InChI=1S/C16H30O/c1-14-8-5-11-16(3,4)12-6-10-15(2)17-13-7-9-14/h9,15H,5-8,10-13H2,1-4H3/b14-9-/t15-/m0/s1. The maximum atomic E-state index is 5.83. The molecule has 0 fully saturated rings. The number of allylic oxidation sites excluding steroid dienone is 1. The fourth-order valence-electron chi connectivity index (χ4n) is 2.60. The maximum Gasteiger partial charge on any atom is 0.0547 e. The van der Waals surface area contributed by atoms with E-state index in [0.717, 1.165) is 13.0 Å². The summed E-state index contributed by atoms with van der Waals surface area (Å²) in [4.78, 5) is 0. The Labute approximate surface area is 108 Å². The molecule has 0 bridgehead atoms. The largest absolute Gasteiger partial charge is 0.378 e. The highest BCUT2D eigenvalue weighted by atomic mass is 16.5. The predicted octanol–water partition coefficient (Wildman–Crippen LogP) is 5.11. The summed E-state index contributed by atoms with van der Waals surface area (Å²) in [5.41, 5.74) is 2.05. The summed E-state index contributed by atoms with van der Waals surface area (Å²) in [5.74, 6) is 0. The van der Waals surface area contributed by atoms with E-state index in [1.165, 1.54) is 44.1 Å². The second-order valence-corrected chi connectivity index (χ2v) is 6.43. The van der Waals surface area contributed by atoms with E-state index in [0.29, 0.717) is 11.5 Å². The highest BCUT2D eigenvalue weighted by Crippen LogP contribution is 2.31. The van der Waals surface area contributed by atoms with Crippen LogP contribution in [0.4, 0.5) is 0 Å². The van der Waals surface area contributed by atoms with E-state index < -0.39 is 0 Å². The molecule has 0 aromatic heterocycles. The van der Waals surface area contributed by atoms with Gasteiger partial charge in [0.2, 0.25) is 0 Å². The van der Waals surface area contributed by atoms with Crippen LogP contribution in [0.5, 0.6) is 0 Å². The lowest BCUT2D eigenvalue weighted by molar-refractivity contribution is 0.0596. The third-order valence-corrected chi connectivity index (χ3v) is 3.90. The van der Waals surface area contributed by atoms with Crippen molar-refractivity contribution in [2.45, 2.75) is 78.7 Å². The molecular weight excluding hydrogens is 208 g/mol. The highest BCUT2D eigenvalue weighted by molar-refractivity contribution is 4.97. The second kappa shape index (κ2) is 7.20. The molecule has 1 atom stereocenters. The van der Waals surface area contributed by atoms with Gasteiger partial charge in [-0.1, -0.05) is 31.9 Å². The lowest BCUT2D eigenvalue weighted by Gasteiger charge is -2.25. The van der Waals surface area contributed by atoms with E-state index in [-0.39, 0.29) is 0 Å². The molecule has 1 aliphatic rings. The van der Waals surface area contributed by atoms with Crippen molar-refractivity contribution in [3.63, 3.8) is 0 Å². The molecule has 0 amide bonds. The zero-order valence-corrected chi connectivity index (χ0v) is 12.2. The van der Waals surface area contributed by atoms with Gasteiger partial charge in [0.05, 0.1) is 12.7 Å². The molecule has 0 aromatic rings. The van der Waals surface area contributed by atoms with E-state index in [4.69, 9.17) is 4.74 Å². The van der Waals surface area contributed by atoms with E-state index in [9.17, 15) is 0 Å². The van der Waals surface area contributed by atoms with Crippen LogP contribution in [0.2, 0.25) is 0 Å². The van der Waals surface area contributed by atoms with Crippen molar-refractivity contribution < 1.29 is 4.74 Å². The fourth-order valence-corrected chi connectivity index (χ4v) is 2.60. The van der Waals surface area contributed by atoms with Crippen LogP contribution in [-0.4, -0.2) is 12.7 Å². The molecule has 0 spiro atoms. The molecule has 0 radical (unpaired) electrons. The zero-order chi connectivity index (χ0) is 12.7. The quantitative estimate of drug-likeness (QED) is 0.533. The molecule has 1 aliphatic heterocycles. The Bertz CT molecular complexity index is 240. The summed E-state index contributed by atoms with van der Waals surface area (Å²) in [7, 11) is 0. The van der Waals surface area contributed by atoms with E-state index in [1.807, 2.05) is 0 Å². The van der Waals surface area contributed by atoms with Crippen molar-refractivity contribution in [2.24, 2.45) is 5.41 Å². The first-order valence-corrected chi connectivity index (χ1v) is 7.27. The molecule has 1 heterocycles. The fraction of sp³-hybridized carbons (Fsp3) is 0.875. The molecular formula is C16H30O. The van der Waals surface area contributed by atoms with Crippen LogP contribution in [0.1, 0.15) is 72.6 Å². The SMILES string of the molecule is C/C1=C/CCO[C@@H](C)CCCC(C)(C)CCC1. The normalized spacial score (nSPS) is 31.5. The van der Waals surface area contributed by atoms with Gasteiger partial charge < -0.3 is 4.74 Å². The van der Waals surface area contributed by atoms with Gasteiger partial charge in [-0.05, 0) is 57.8 Å². The van der Waals surface area contributed by atoms with Crippen molar-refractivity contribution in [2.75, 3.05) is 6.61 Å². The minimum Gasteiger partial charge on any atom is -0.378 e. The summed E-state index contributed by atoms with van der Waals surface area (Å²) in [5, 5.41) is 0. The Morgan fingerprint density at radius 2 is 1.94 bits per heavy atom. The molecule has 0 unspecified atom stereocenters. The minimum absolute atomic E-state index is 0.431. The van der Waals surface area contributed by atoms with Crippen molar-refractivity contribution in [3.8, 4) is 0 Å². The first kappa shape index (κ1) is 14.8. The van der Waals surface area contributed by atoms with E-state index >= 15 is 0 Å². The third-order valence-electron chi connectivity index (χ3n) is 3.90. The molecule has 0 N–H and O–H groups in total. The Balaban J connectivity index is 2.50. The van der Waals surface area contributed by atoms with Gasteiger partial charge in [0.1, 0.15) is 0 Å². The van der Waals surface area contributed by atoms with Gasteiger partial charge in [-0.2, -0.15) is 0 Å². The monoisotopic (exact) mass is 238 g/mol. The van der Waals surface area contributed by atoms with Gasteiger partial charge in [-0.15, -0.1) is 0 Å². The molecule has 0 aromatic carbocycles. The van der Waals surface area contributed by atoms with Crippen molar-refractivity contribution in [1.29, 1.82) is 0 Å². The topological polar surface area (TPSA) is 9.23 Å². The lowest BCUT2D eigenvalue weighted by Crippen LogP contribution is -2.14. The summed E-state index contributed by atoms with van der Waals surface area (Å²) >= 11 is 0. The zero-order valence-electron chi connectivity index (χ0n) is 12.2. The molecule has 0 saturated heterocycles. The van der Waals surface area contributed by atoms with Crippen LogP contribution in [0.25, 0.3) is 0 Å². The lowest BCUT2D eigenvalue weighted by atomic mass is 9.81. The van der Waals surface area contributed by atoms with Crippen LogP contribution in [-0.2, 0) is 4.74 Å². The van der Waals surface area contributed by atoms with Crippen LogP contribution in [0.15, 0.2) is 11.6 Å². The number of hydrogen-bond acceptors (Lipinski definition) is 1. The van der Waals surface area contributed by atoms with Gasteiger partial charge in [-0.25, -0.2) is 0 Å². The second-order valence-electron chi connectivity index (χ2n) is 6.43. The van der Waals surface area contributed by atoms with E-state index in [2.05, 4.69) is 33.8 Å². The van der Waals surface area contributed by atoms with Crippen molar-refractivity contribution in [1.82, 2.24) is 0 Å². The smallest absolute Gasteiger partial charge is 0.0547 e. The first-order chi connectivity index (χ1) is 7.99. The molecule has 1 nitrogen and oxygen atoms in total. The van der Waals surface area contributed by atoms with Crippen LogP contribution >= 0.6 is 0 Å². The van der Waals surface area contributed by atoms with E-state index in [1.54, 1.807) is 0 Å². The third kappa shape index (κ3) is 6.88. The van der Waals surface area contributed by atoms with Crippen molar-refractivity contribution in [3.05, 3.63) is 11.6 Å². The molecule has 0 aliphatic carbocycles. The molecule has 0 saturated carbocycles. The highest BCUT2D eigenvalue weighted by Gasteiger charge is 2.17. The first-order valence-electron chi connectivity index (χ1n) is 7.27. The summed E-state index contributed by atoms with van der Waals surface area (Å²) < 4.78 is 5.83. The van der Waals surface area contributed by atoms with Crippen LogP contribution in [0.3, 0.4) is 0 Å². The van der Waals surface area contributed by atoms with Gasteiger partial charge in [0.25, 0.3) is 0 Å². The Morgan fingerprint density at radius 3 is 2.71 bits per heavy atom. The van der Waals surface area contributed by atoms with Gasteiger partial charge >= 0.3 is 0 Å². The van der Waals surface area contributed by atoms with Gasteiger partial charge in [0, 0.05) is 0 Å². The minimum atomic E-state index is 0.431. The number of ether oxygens (including phenoxy) is 1. The summed E-state index contributed by atoms with van der Waals surface area (Å²) in [6, 6.07) is 0. The summed E-state index contributed by atoms with van der Waals surface area (Å²) in [6.45, 7) is 10.2. The number of rotatable bonds is 0. The average Bonchev–Trinajstić information content (AvgIpc) is 2.23. The molecule has 100 valence electrons. The predicted molar refractivity (Wildman–Crippen MR) is 75.3 cm³/mol. The summed E-state index contributed by atoms with van der Waals surface area (Å²) in [6.07, 6.45) is 11.7. The van der Waals surface area contributed by atoms with Crippen LogP contribution in [0, 0.1) is 5.41 Å². The maximum absolute atomic E-state index is 5.83. The Kier molecular flexibility index (Phi) is 6.26. The number of hydrogen-bond donors (Lipinski definition) is 0. The van der Waals surface area contributed by atoms with Crippen LogP contribution < -0.4 is 0 Å². The molecule has 17 heavy (non-hydrogen) atoms. The molecule has 1 heteroatoms. The Hall–Kier alpha value is -0.300. The van der Waals surface area contributed by atoms with Gasteiger partial charge in [-0.3, -0.25) is 0 Å². The average molecular weight is 238 g/mol. The molecule has 1 rings (SSSR count). The van der Waals surface area contributed by atoms with Crippen molar-refractivity contribution >= 4 is 0 Å². The van der Waals surface area contributed by atoms with Gasteiger partial charge in [0.15, 0.2) is 0 Å². The Morgan fingerprint density at radius 1 is 1.24 bits per heavy atom.